The van der Waals surface area contributed by atoms with Gasteiger partial charge in [0.05, 0.1) is 5.02 Å². The van der Waals surface area contributed by atoms with Gasteiger partial charge in [-0.05, 0) is 36.2 Å². The predicted octanol–water partition coefficient (Wildman–Crippen LogP) is 4.24. The van der Waals surface area contributed by atoms with E-state index in [0.29, 0.717) is 17.5 Å². The maximum absolute atomic E-state index is 6.06. The predicted molar refractivity (Wildman–Crippen MR) is 84.6 cm³/mol. The third-order valence-corrected chi connectivity index (χ3v) is 3.60. The molecule has 0 saturated carbocycles. The van der Waals surface area contributed by atoms with Gasteiger partial charge in [0.25, 0.3) is 0 Å². The van der Waals surface area contributed by atoms with E-state index in [9.17, 15) is 0 Å². The van der Waals surface area contributed by atoms with Crippen molar-refractivity contribution in [2.45, 2.75) is 19.4 Å². The second-order valence-electron chi connectivity index (χ2n) is 4.92. The highest BCUT2D eigenvalue weighted by atomic mass is 35.5. The van der Waals surface area contributed by atoms with Crippen molar-refractivity contribution in [3.05, 3.63) is 64.7 Å². The smallest absolute Gasteiger partial charge is 0.138 e. The lowest BCUT2D eigenvalue weighted by molar-refractivity contribution is 0.306. The van der Waals surface area contributed by atoms with E-state index < -0.39 is 0 Å². The fourth-order valence-electron chi connectivity index (χ4n) is 2.09. The van der Waals surface area contributed by atoms with E-state index in [2.05, 4.69) is 36.5 Å². The zero-order valence-corrected chi connectivity index (χ0v) is 12.7. The minimum atomic E-state index is 0.513. The average Bonchev–Trinajstić information content (AvgIpc) is 2.47. The summed E-state index contributed by atoms with van der Waals surface area (Å²) < 4.78 is 5.73. The molecule has 0 saturated heterocycles. The van der Waals surface area contributed by atoms with Crippen LogP contribution < -0.4 is 10.1 Å². The molecule has 1 atom stereocenters. The number of para-hydroxylation sites is 1. The first-order valence-electron chi connectivity index (χ1n) is 6.81. The third-order valence-electron chi connectivity index (χ3n) is 3.29. The molecular weight excluding hydrogens is 270 g/mol. The number of halogens is 1. The Bertz CT molecular complexity index is 539. The van der Waals surface area contributed by atoms with Gasteiger partial charge in [0.2, 0.25) is 0 Å². The molecule has 0 heterocycles. The first-order chi connectivity index (χ1) is 9.70. The van der Waals surface area contributed by atoms with Gasteiger partial charge in [-0.3, -0.25) is 0 Å². The summed E-state index contributed by atoms with van der Waals surface area (Å²) in [6.07, 6.45) is 0. The highest BCUT2D eigenvalue weighted by Gasteiger charge is 2.05. The second kappa shape index (κ2) is 7.32. The number of rotatable bonds is 6. The molecule has 1 N–H and O–H groups in total. The lowest BCUT2D eigenvalue weighted by Gasteiger charge is -2.12. The summed E-state index contributed by atoms with van der Waals surface area (Å²) in [5, 5.41) is 3.84. The monoisotopic (exact) mass is 289 g/mol. The molecule has 0 bridgehead atoms. The van der Waals surface area contributed by atoms with Crippen LogP contribution in [-0.4, -0.2) is 13.6 Å². The second-order valence-corrected chi connectivity index (χ2v) is 5.33. The van der Waals surface area contributed by atoms with Gasteiger partial charge in [0.1, 0.15) is 12.4 Å². The number of hydrogen-bond acceptors (Lipinski definition) is 2. The standard InChI is InChI=1S/C17H20ClNO/c1-13(11-19-2)15-9-7-14(8-10-15)12-20-17-6-4-3-5-16(17)18/h3-10,13,19H,11-12H2,1-2H3. The van der Waals surface area contributed by atoms with Gasteiger partial charge < -0.3 is 10.1 Å². The van der Waals surface area contributed by atoms with Crippen LogP contribution in [-0.2, 0) is 6.61 Å². The summed E-state index contributed by atoms with van der Waals surface area (Å²) in [4.78, 5) is 0. The Balaban J connectivity index is 1.96. The lowest BCUT2D eigenvalue weighted by atomic mass is 10.00. The zero-order chi connectivity index (χ0) is 14.4. The van der Waals surface area contributed by atoms with Crippen LogP contribution in [0.4, 0.5) is 0 Å². The zero-order valence-electron chi connectivity index (χ0n) is 11.9. The summed E-state index contributed by atoms with van der Waals surface area (Å²) in [6, 6.07) is 16.1. The normalized spacial score (nSPS) is 12.2. The molecule has 0 aliphatic carbocycles. The molecule has 0 aliphatic rings. The van der Waals surface area contributed by atoms with Gasteiger partial charge in [0.15, 0.2) is 0 Å². The Kier molecular flexibility index (Phi) is 5.45. The molecule has 0 aliphatic heterocycles. The summed E-state index contributed by atoms with van der Waals surface area (Å²) in [6.45, 7) is 3.73. The van der Waals surface area contributed by atoms with Crippen molar-refractivity contribution in [3.8, 4) is 5.75 Å². The minimum absolute atomic E-state index is 0.513. The fraction of sp³-hybridized carbons (Fsp3) is 0.294. The molecular formula is C17H20ClNO. The van der Waals surface area contributed by atoms with Crippen molar-refractivity contribution in [1.82, 2.24) is 5.32 Å². The fourth-order valence-corrected chi connectivity index (χ4v) is 2.28. The molecule has 106 valence electrons. The highest BCUT2D eigenvalue weighted by molar-refractivity contribution is 6.32. The summed E-state index contributed by atoms with van der Waals surface area (Å²) in [7, 11) is 1.97. The van der Waals surface area contributed by atoms with Gasteiger partial charge in [0, 0.05) is 6.54 Å². The quantitative estimate of drug-likeness (QED) is 0.859. The number of likely N-dealkylation sites (N-methyl/N-ethyl adjacent to an activating group) is 1. The number of ether oxygens (including phenoxy) is 1. The Hall–Kier alpha value is -1.51. The van der Waals surface area contributed by atoms with Gasteiger partial charge >= 0.3 is 0 Å². The van der Waals surface area contributed by atoms with E-state index in [1.54, 1.807) is 0 Å². The molecule has 2 aromatic carbocycles. The first-order valence-corrected chi connectivity index (χ1v) is 7.19. The van der Waals surface area contributed by atoms with E-state index in [0.717, 1.165) is 17.9 Å². The van der Waals surface area contributed by atoms with Crippen molar-refractivity contribution in [2.75, 3.05) is 13.6 Å². The van der Waals surface area contributed by atoms with Crippen LogP contribution in [0.25, 0.3) is 0 Å². The Labute approximate surface area is 125 Å². The SMILES string of the molecule is CNCC(C)c1ccc(COc2ccccc2Cl)cc1. The molecule has 2 nitrogen and oxygen atoms in total. The van der Waals surface area contributed by atoms with Gasteiger partial charge in [-0.1, -0.05) is 54.9 Å². The Morgan fingerprint density at radius 2 is 1.80 bits per heavy atom. The molecule has 0 fully saturated rings. The highest BCUT2D eigenvalue weighted by Crippen LogP contribution is 2.24. The summed E-state index contributed by atoms with van der Waals surface area (Å²) >= 11 is 6.06. The topological polar surface area (TPSA) is 21.3 Å². The summed E-state index contributed by atoms with van der Waals surface area (Å²) in [5.41, 5.74) is 2.48. The Morgan fingerprint density at radius 1 is 1.10 bits per heavy atom. The Morgan fingerprint density at radius 3 is 2.45 bits per heavy atom. The van der Waals surface area contributed by atoms with Crippen LogP contribution in [0.5, 0.6) is 5.75 Å². The largest absolute Gasteiger partial charge is 0.487 e. The molecule has 0 radical (unpaired) electrons. The van der Waals surface area contributed by atoms with Crippen LogP contribution in [0.3, 0.4) is 0 Å². The third kappa shape index (κ3) is 3.99. The molecule has 3 heteroatoms. The van der Waals surface area contributed by atoms with Crippen LogP contribution in [0.2, 0.25) is 5.02 Å². The van der Waals surface area contributed by atoms with Crippen LogP contribution in [0.1, 0.15) is 24.0 Å². The van der Waals surface area contributed by atoms with Crippen LogP contribution in [0.15, 0.2) is 48.5 Å². The van der Waals surface area contributed by atoms with E-state index in [1.807, 2.05) is 31.3 Å². The van der Waals surface area contributed by atoms with Crippen molar-refractivity contribution < 1.29 is 4.74 Å². The molecule has 0 spiro atoms. The molecule has 2 rings (SSSR count). The molecule has 2 aromatic rings. The molecule has 20 heavy (non-hydrogen) atoms. The van der Waals surface area contributed by atoms with Crippen molar-refractivity contribution >= 4 is 11.6 Å². The van der Waals surface area contributed by atoms with Crippen LogP contribution >= 0.6 is 11.6 Å². The van der Waals surface area contributed by atoms with Crippen LogP contribution in [0, 0.1) is 0 Å². The van der Waals surface area contributed by atoms with E-state index in [4.69, 9.17) is 16.3 Å². The van der Waals surface area contributed by atoms with Crippen molar-refractivity contribution in [3.63, 3.8) is 0 Å². The molecule has 1 unspecified atom stereocenters. The van der Waals surface area contributed by atoms with Gasteiger partial charge in [-0.2, -0.15) is 0 Å². The van der Waals surface area contributed by atoms with Gasteiger partial charge in [-0.15, -0.1) is 0 Å². The molecule has 0 amide bonds. The maximum Gasteiger partial charge on any atom is 0.138 e. The van der Waals surface area contributed by atoms with E-state index in [1.165, 1.54) is 5.56 Å². The lowest BCUT2D eigenvalue weighted by Crippen LogP contribution is -2.14. The average molecular weight is 290 g/mol. The van der Waals surface area contributed by atoms with Crippen molar-refractivity contribution in [1.29, 1.82) is 0 Å². The number of nitrogens with one attached hydrogen (secondary N) is 1. The van der Waals surface area contributed by atoms with E-state index in [-0.39, 0.29) is 0 Å². The minimum Gasteiger partial charge on any atom is -0.487 e. The van der Waals surface area contributed by atoms with E-state index >= 15 is 0 Å². The molecule has 0 aromatic heterocycles. The van der Waals surface area contributed by atoms with Crippen molar-refractivity contribution in [2.24, 2.45) is 0 Å². The number of hydrogen-bond donors (Lipinski definition) is 1. The first kappa shape index (κ1) is 14.9. The van der Waals surface area contributed by atoms with Gasteiger partial charge in [-0.25, -0.2) is 0 Å². The number of benzene rings is 2. The summed E-state index contributed by atoms with van der Waals surface area (Å²) in [5.74, 6) is 1.24. The maximum atomic E-state index is 6.06.